The van der Waals surface area contributed by atoms with Gasteiger partial charge < -0.3 is 14.8 Å². The second-order valence-electron chi connectivity index (χ2n) is 4.93. The van der Waals surface area contributed by atoms with Crippen LogP contribution in [0.5, 0.6) is 11.5 Å². The molecule has 7 nitrogen and oxygen atoms in total. The molecule has 0 saturated carbocycles. The highest BCUT2D eigenvalue weighted by molar-refractivity contribution is 8.18. The number of thioether (sulfide) groups is 1. The molecule has 9 heteroatoms. The monoisotopic (exact) mass is 384 g/mol. The largest absolute Gasteiger partial charge is 0.493 e. The molecule has 1 fully saturated rings. The number of carbonyl (C=O) groups excluding carboxylic acids is 3. The van der Waals surface area contributed by atoms with Gasteiger partial charge in [0.15, 0.2) is 11.5 Å². The van der Waals surface area contributed by atoms with Crippen molar-refractivity contribution in [3.63, 3.8) is 0 Å². The molecule has 1 aliphatic rings. The number of rotatable bonds is 7. The second kappa shape index (κ2) is 8.77. The van der Waals surface area contributed by atoms with E-state index < -0.39 is 5.91 Å². The maximum absolute atomic E-state index is 12.4. The Balaban J connectivity index is 2.10. The van der Waals surface area contributed by atoms with Gasteiger partial charge >= 0.3 is 0 Å². The average Bonchev–Trinajstić information content (AvgIpc) is 2.88. The first-order chi connectivity index (χ1) is 12.0. The minimum absolute atomic E-state index is 0.0938. The lowest BCUT2D eigenvalue weighted by Crippen LogP contribution is -2.37. The van der Waals surface area contributed by atoms with Crippen LogP contribution in [0.3, 0.4) is 0 Å². The predicted molar refractivity (Wildman–Crippen MR) is 96.0 cm³/mol. The highest BCUT2D eigenvalue weighted by atomic mass is 35.5. The number of nitrogens with one attached hydrogen (secondary N) is 1. The van der Waals surface area contributed by atoms with Gasteiger partial charge in [0.2, 0.25) is 5.91 Å². The zero-order valence-electron chi connectivity index (χ0n) is 13.7. The number of imide groups is 1. The molecule has 2 rings (SSSR count). The Labute approximate surface area is 154 Å². The number of nitrogens with zero attached hydrogens (tertiary/aromatic N) is 1. The number of hydrogen-bond donors (Lipinski definition) is 1. The maximum Gasteiger partial charge on any atom is 0.293 e. The zero-order chi connectivity index (χ0) is 18.4. The van der Waals surface area contributed by atoms with Gasteiger partial charge in [0, 0.05) is 13.1 Å². The molecule has 1 aromatic rings. The SMILES string of the molecule is COc1ccc(C=C2SC(=O)N(CCNC(=O)CCl)C2=O)cc1OC. The number of hydrogen-bond acceptors (Lipinski definition) is 6. The minimum atomic E-state index is -0.398. The molecule has 1 heterocycles. The molecule has 134 valence electrons. The molecule has 0 aromatic heterocycles. The summed E-state index contributed by atoms with van der Waals surface area (Å²) in [7, 11) is 3.05. The Hall–Kier alpha value is -2.19. The van der Waals surface area contributed by atoms with E-state index in [1.165, 1.54) is 14.2 Å². The molecule has 3 amide bonds. The van der Waals surface area contributed by atoms with Crippen LogP contribution in [-0.2, 0) is 9.59 Å². The van der Waals surface area contributed by atoms with Crippen LogP contribution in [-0.4, -0.2) is 55.1 Å². The van der Waals surface area contributed by atoms with Crippen LogP contribution in [0.25, 0.3) is 6.08 Å². The van der Waals surface area contributed by atoms with Gasteiger partial charge in [-0.2, -0.15) is 0 Å². The number of ether oxygens (including phenoxy) is 2. The lowest BCUT2D eigenvalue weighted by molar-refractivity contribution is -0.123. The van der Waals surface area contributed by atoms with Crippen molar-refractivity contribution < 1.29 is 23.9 Å². The highest BCUT2D eigenvalue weighted by Gasteiger charge is 2.34. The molecule has 25 heavy (non-hydrogen) atoms. The zero-order valence-corrected chi connectivity index (χ0v) is 15.3. The fraction of sp³-hybridized carbons (Fsp3) is 0.312. The van der Waals surface area contributed by atoms with Gasteiger partial charge in [0.05, 0.1) is 19.1 Å². The molecular formula is C16H17ClN2O5S. The first kappa shape index (κ1) is 19.1. The molecule has 0 aliphatic carbocycles. The van der Waals surface area contributed by atoms with Crippen LogP contribution in [0.15, 0.2) is 23.1 Å². The number of amides is 3. The van der Waals surface area contributed by atoms with E-state index in [2.05, 4.69) is 5.32 Å². The van der Waals surface area contributed by atoms with E-state index in [9.17, 15) is 14.4 Å². The quantitative estimate of drug-likeness (QED) is 0.572. The van der Waals surface area contributed by atoms with Gasteiger partial charge in [-0.15, -0.1) is 11.6 Å². The molecule has 0 radical (unpaired) electrons. The van der Waals surface area contributed by atoms with Gasteiger partial charge in [0.25, 0.3) is 11.1 Å². The molecule has 1 aliphatic heterocycles. The van der Waals surface area contributed by atoms with Gasteiger partial charge in [-0.25, -0.2) is 0 Å². The summed E-state index contributed by atoms with van der Waals surface area (Å²) >= 11 is 6.22. The number of methoxy groups -OCH3 is 2. The number of carbonyl (C=O) groups is 3. The van der Waals surface area contributed by atoms with Gasteiger partial charge in [-0.1, -0.05) is 6.07 Å². The number of alkyl halides is 1. The predicted octanol–water partition coefficient (Wildman–Crippen LogP) is 2.10. The Morgan fingerprint density at radius 1 is 1.28 bits per heavy atom. The molecule has 0 unspecified atom stereocenters. The highest BCUT2D eigenvalue weighted by Crippen LogP contribution is 2.34. The van der Waals surface area contributed by atoms with Gasteiger partial charge in [0.1, 0.15) is 5.88 Å². The Morgan fingerprint density at radius 3 is 2.64 bits per heavy atom. The topological polar surface area (TPSA) is 84.9 Å². The lowest BCUT2D eigenvalue weighted by atomic mass is 10.2. The summed E-state index contributed by atoms with van der Waals surface area (Å²) in [6, 6.07) is 5.19. The van der Waals surface area contributed by atoms with Crippen molar-refractivity contribution in [1.82, 2.24) is 10.2 Å². The summed E-state index contributed by atoms with van der Waals surface area (Å²) in [4.78, 5) is 36.9. The second-order valence-corrected chi connectivity index (χ2v) is 6.19. The summed E-state index contributed by atoms with van der Waals surface area (Å²) in [5.74, 6) is 0.183. The van der Waals surface area contributed by atoms with Crippen molar-refractivity contribution in [2.24, 2.45) is 0 Å². The van der Waals surface area contributed by atoms with Crippen molar-refractivity contribution in [3.05, 3.63) is 28.7 Å². The van der Waals surface area contributed by atoms with Crippen LogP contribution in [0, 0.1) is 0 Å². The lowest BCUT2D eigenvalue weighted by Gasteiger charge is -2.12. The van der Waals surface area contributed by atoms with E-state index in [4.69, 9.17) is 21.1 Å². The third-order valence-electron chi connectivity index (χ3n) is 3.36. The molecule has 1 saturated heterocycles. The van der Waals surface area contributed by atoms with Crippen LogP contribution >= 0.6 is 23.4 Å². The molecule has 1 aromatic carbocycles. The minimum Gasteiger partial charge on any atom is -0.493 e. The standard InChI is InChI=1S/C16H17ClN2O5S/c1-23-11-4-3-10(7-12(11)24-2)8-13-15(21)19(16(22)25-13)6-5-18-14(20)9-17/h3-4,7-8H,5-6,9H2,1-2H3,(H,18,20). The van der Waals surface area contributed by atoms with E-state index in [0.717, 1.165) is 16.7 Å². The molecule has 0 bridgehead atoms. The van der Waals surface area contributed by atoms with Crippen molar-refractivity contribution in [2.75, 3.05) is 33.2 Å². The van der Waals surface area contributed by atoms with Crippen LogP contribution in [0.2, 0.25) is 0 Å². The number of benzene rings is 1. The van der Waals surface area contributed by atoms with Crippen LogP contribution < -0.4 is 14.8 Å². The Morgan fingerprint density at radius 2 is 2.00 bits per heavy atom. The van der Waals surface area contributed by atoms with Crippen molar-refractivity contribution in [3.8, 4) is 11.5 Å². The summed E-state index contributed by atoms with van der Waals surface area (Å²) in [6.45, 7) is 0.254. The van der Waals surface area contributed by atoms with E-state index in [1.54, 1.807) is 24.3 Å². The third kappa shape index (κ3) is 4.67. The van der Waals surface area contributed by atoms with Crippen molar-refractivity contribution in [1.29, 1.82) is 0 Å². The summed E-state index contributed by atoms with van der Waals surface area (Å²) < 4.78 is 10.4. The summed E-state index contributed by atoms with van der Waals surface area (Å²) in [5, 5.41) is 2.14. The van der Waals surface area contributed by atoms with Gasteiger partial charge in [-0.05, 0) is 35.5 Å². The van der Waals surface area contributed by atoms with E-state index in [0.29, 0.717) is 22.0 Å². The summed E-state index contributed by atoms with van der Waals surface area (Å²) in [5.41, 5.74) is 0.707. The normalized spacial score (nSPS) is 15.6. The third-order valence-corrected chi connectivity index (χ3v) is 4.51. The first-order valence-electron chi connectivity index (χ1n) is 7.30. The first-order valence-corrected chi connectivity index (χ1v) is 8.65. The fourth-order valence-corrected chi connectivity index (χ4v) is 3.10. The average molecular weight is 385 g/mol. The van der Waals surface area contributed by atoms with Crippen molar-refractivity contribution in [2.45, 2.75) is 0 Å². The Bertz CT molecular complexity index is 722. The maximum atomic E-state index is 12.4. The van der Waals surface area contributed by atoms with E-state index in [-0.39, 0.29) is 30.1 Å². The van der Waals surface area contributed by atoms with E-state index in [1.807, 2.05) is 0 Å². The van der Waals surface area contributed by atoms with Crippen molar-refractivity contribution >= 4 is 46.5 Å². The molecule has 0 atom stereocenters. The van der Waals surface area contributed by atoms with Crippen LogP contribution in [0.1, 0.15) is 5.56 Å². The van der Waals surface area contributed by atoms with Crippen LogP contribution in [0.4, 0.5) is 4.79 Å². The van der Waals surface area contributed by atoms with Gasteiger partial charge in [-0.3, -0.25) is 19.3 Å². The smallest absolute Gasteiger partial charge is 0.293 e. The Kier molecular flexibility index (Phi) is 6.72. The summed E-state index contributed by atoms with van der Waals surface area (Å²) in [6.07, 6.45) is 1.62. The molecule has 1 N–H and O–H groups in total. The number of halogens is 1. The molecule has 0 spiro atoms. The van der Waals surface area contributed by atoms with E-state index >= 15 is 0 Å². The molecular weight excluding hydrogens is 368 g/mol. The fourth-order valence-electron chi connectivity index (χ4n) is 2.14.